The lowest BCUT2D eigenvalue weighted by atomic mass is 10.2. The molecule has 1 aromatic rings. The van der Waals surface area contributed by atoms with Crippen LogP contribution in [0, 0.1) is 0 Å². The third-order valence-corrected chi connectivity index (χ3v) is 5.18. The van der Waals surface area contributed by atoms with Crippen molar-refractivity contribution in [2.75, 3.05) is 39.2 Å². The molecule has 148 valence electrons. The van der Waals surface area contributed by atoms with Crippen molar-refractivity contribution in [1.82, 2.24) is 15.5 Å². The first-order valence-electron chi connectivity index (χ1n) is 8.49. The second-order valence-corrected chi connectivity index (χ2v) is 7.56. The quantitative estimate of drug-likeness (QED) is 0.200. The number of amides is 1. The lowest BCUT2D eigenvalue weighted by Gasteiger charge is -2.19. The summed E-state index contributed by atoms with van der Waals surface area (Å²) in [6.45, 7) is 2.07. The zero-order chi connectivity index (χ0) is 18.5. The van der Waals surface area contributed by atoms with Gasteiger partial charge >= 0.3 is 0 Å². The number of hydrogen-bond donors (Lipinski definition) is 2. The van der Waals surface area contributed by atoms with E-state index in [2.05, 4.69) is 37.8 Å². The van der Waals surface area contributed by atoms with E-state index >= 15 is 0 Å². The maximum absolute atomic E-state index is 12.3. The molecule has 5 nitrogen and oxygen atoms in total. The van der Waals surface area contributed by atoms with Crippen molar-refractivity contribution in [2.24, 2.45) is 4.99 Å². The Kier molecular flexibility index (Phi) is 15.3. The van der Waals surface area contributed by atoms with Gasteiger partial charge in [0.1, 0.15) is 0 Å². The molecule has 1 aromatic carbocycles. The molecule has 26 heavy (non-hydrogen) atoms. The van der Waals surface area contributed by atoms with Crippen LogP contribution in [0.4, 0.5) is 0 Å². The van der Waals surface area contributed by atoms with Crippen molar-refractivity contribution in [3.8, 4) is 0 Å². The Morgan fingerprint density at radius 1 is 1.23 bits per heavy atom. The number of carbonyl (C=O) groups excluding carboxylic acids is 1. The topological polar surface area (TPSA) is 56.7 Å². The molecule has 0 aliphatic carbocycles. The highest BCUT2D eigenvalue weighted by atomic mass is 127. The summed E-state index contributed by atoms with van der Waals surface area (Å²) in [5, 5.41) is 6.48. The minimum absolute atomic E-state index is 0. The Balaban J connectivity index is 0.00000625. The van der Waals surface area contributed by atoms with Gasteiger partial charge in [0.2, 0.25) is 5.91 Å². The number of nitrogens with zero attached hydrogens (tertiary/aromatic N) is 2. The first kappa shape index (κ1) is 25.5. The van der Waals surface area contributed by atoms with Gasteiger partial charge in [0.25, 0.3) is 0 Å². The van der Waals surface area contributed by atoms with Crippen LogP contribution >= 0.6 is 51.7 Å². The number of rotatable bonds is 10. The van der Waals surface area contributed by atoms with Crippen LogP contribution in [0.2, 0.25) is 0 Å². The van der Waals surface area contributed by atoms with E-state index in [9.17, 15) is 4.79 Å². The fourth-order valence-electron chi connectivity index (χ4n) is 2.25. The number of nitrogens with one attached hydrogen (secondary N) is 2. The molecule has 0 unspecified atom stereocenters. The lowest BCUT2D eigenvalue weighted by molar-refractivity contribution is -0.130. The maximum Gasteiger partial charge on any atom is 0.224 e. The van der Waals surface area contributed by atoms with Crippen molar-refractivity contribution in [3.63, 3.8) is 0 Å². The van der Waals surface area contributed by atoms with Crippen molar-refractivity contribution in [2.45, 2.75) is 25.8 Å². The average molecular weight is 557 g/mol. The summed E-state index contributed by atoms with van der Waals surface area (Å²) in [4.78, 5) is 18.2. The molecule has 0 atom stereocenters. The Bertz CT molecular complexity index is 560. The molecule has 0 aliphatic rings. The van der Waals surface area contributed by atoms with Crippen molar-refractivity contribution in [3.05, 3.63) is 34.3 Å². The monoisotopic (exact) mass is 556 g/mol. The van der Waals surface area contributed by atoms with Gasteiger partial charge < -0.3 is 15.5 Å². The van der Waals surface area contributed by atoms with Crippen LogP contribution in [-0.2, 0) is 11.3 Å². The highest BCUT2D eigenvalue weighted by molar-refractivity contribution is 14.0. The Morgan fingerprint density at radius 3 is 2.58 bits per heavy atom. The summed E-state index contributed by atoms with van der Waals surface area (Å²) in [5.41, 5.74) is 1.11. The van der Waals surface area contributed by atoms with Gasteiger partial charge in [0, 0.05) is 44.6 Å². The zero-order valence-electron chi connectivity index (χ0n) is 15.8. The SMILES string of the molecule is CN=C(NCCCCSC)NCCC(=O)N(C)Cc1ccccc1Br.I. The van der Waals surface area contributed by atoms with Crippen LogP contribution < -0.4 is 10.6 Å². The second kappa shape index (κ2) is 15.6. The number of aliphatic imine (C=N–C) groups is 1. The predicted octanol–water partition coefficient (Wildman–Crippen LogP) is 3.72. The number of halogens is 2. The number of hydrogen-bond acceptors (Lipinski definition) is 3. The molecule has 2 N–H and O–H groups in total. The summed E-state index contributed by atoms with van der Waals surface area (Å²) >= 11 is 5.39. The Morgan fingerprint density at radius 2 is 1.92 bits per heavy atom. The third-order valence-electron chi connectivity index (χ3n) is 3.71. The Labute approximate surface area is 187 Å². The normalized spacial score (nSPS) is 10.8. The molecule has 0 aliphatic heterocycles. The molecule has 8 heteroatoms. The zero-order valence-corrected chi connectivity index (χ0v) is 20.5. The van der Waals surface area contributed by atoms with E-state index < -0.39 is 0 Å². The van der Waals surface area contributed by atoms with E-state index in [0.717, 1.165) is 29.0 Å². The number of unbranched alkanes of at least 4 members (excludes halogenated alkanes) is 1. The van der Waals surface area contributed by atoms with E-state index in [1.165, 1.54) is 12.2 Å². The summed E-state index contributed by atoms with van der Waals surface area (Å²) in [5.74, 6) is 2.05. The van der Waals surface area contributed by atoms with Crippen LogP contribution in [0.15, 0.2) is 33.7 Å². The highest BCUT2D eigenvalue weighted by Crippen LogP contribution is 2.17. The molecule has 1 amide bonds. The number of carbonyl (C=O) groups is 1. The molecular weight excluding hydrogens is 527 g/mol. The van der Waals surface area contributed by atoms with Gasteiger partial charge in [-0.3, -0.25) is 9.79 Å². The summed E-state index contributed by atoms with van der Waals surface area (Å²) < 4.78 is 1.03. The highest BCUT2D eigenvalue weighted by Gasteiger charge is 2.10. The number of guanidine groups is 1. The van der Waals surface area contributed by atoms with Crippen LogP contribution in [0.3, 0.4) is 0 Å². The lowest BCUT2D eigenvalue weighted by Crippen LogP contribution is -2.39. The van der Waals surface area contributed by atoms with Gasteiger partial charge in [0.05, 0.1) is 0 Å². The fourth-order valence-corrected chi connectivity index (χ4v) is 3.15. The summed E-state index contributed by atoms with van der Waals surface area (Å²) in [7, 11) is 3.58. The van der Waals surface area contributed by atoms with E-state index in [4.69, 9.17) is 0 Å². The fraction of sp³-hybridized carbons (Fsp3) is 0.556. The summed E-state index contributed by atoms with van der Waals surface area (Å²) in [6.07, 6.45) is 4.88. The Hall–Kier alpha value is -0.480. The van der Waals surface area contributed by atoms with E-state index in [1.54, 1.807) is 11.9 Å². The smallest absolute Gasteiger partial charge is 0.224 e. The van der Waals surface area contributed by atoms with Gasteiger partial charge in [-0.2, -0.15) is 11.8 Å². The molecule has 0 radical (unpaired) electrons. The second-order valence-electron chi connectivity index (χ2n) is 5.72. The maximum atomic E-state index is 12.3. The standard InChI is InChI=1S/C18H29BrN4OS.HI/c1-20-18(21-11-6-7-13-25-3)22-12-10-17(24)23(2)14-15-8-4-5-9-16(15)19;/h4-5,8-9H,6-7,10-14H2,1-3H3,(H2,20,21,22);1H. The van der Waals surface area contributed by atoms with Gasteiger partial charge in [0.15, 0.2) is 5.96 Å². The third kappa shape index (κ3) is 10.6. The number of thioether (sulfide) groups is 1. The molecular formula is C18H30BrIN4OS. The van der Waals surface area contributed by atoms with Gasteiger partial charge in [-0.05, 0) is 36.5 Å². The van der Waals surface area contributed by atoms with Crippen molar-refractivity contribution >= 4 is 63.5 Å². The van der Waals surface area contributed by atoms with E-state index in [0.29, 0.717) is 19.5 Å². The van der Waals surface area contributed by atoms with E-state index in [-0.39, 0.29) is 29.9 Å². The molecule has 0 saturated carbocycles. The minimum atomic E-state index is 0. The number of benzene rings is 1. The average Bonchev–Trinajstić information content (AvgIpc) is 2.61. The first-order valence-corrected chi connectivity index (χ1v) is 10.7. The largest absolute Gasteiger partial charge is 0.356 e. The van der Waals surface area contributed by atoms with Gasteiger partial charge in [-0.25, -0.2) is 0 Å². The first-order chi connectivity index (χ1) is 12.1. The van der Waals surface area contributed by atoms with Crippen LogP contribution in [-0.4, -0.2) is 56.0 Å². The molecule has 0 aromatic heterocycles. The van der Waals surface area contributed by atoms with Crippen LogP contribution in [0.1, 0.15) is 24.8 Å². The van der Waals surface area contributed by atoms with E-state index in [1.807, 2.05) is 43.1 Å². The molecule has 1 rings (SSSR count). The van der Waals surface area contributed by atoms with Gasteiger partial charge in [-0.1, -0.05) is 34.1 Å². The van der Waals surface area contributed by atoms with Crippen molar-refractivity contribution < 1.29 is 4.79 Å². The molecule has 0 heterocycles. The van der Waals surface area contributed by atoms with Crippen molar-refractivity contribution in [1.29, 1.82) is 0 Å². The minimum Gasteiger partial charge on any atom is -0.356 e. The summed E-state index contributed by atoms with van der Waals surface area (Å²) in [6, 6.07) is 7.97. The molecule has 0 saturated heterocycles. The predicted molar refractivity (Wildman–Crippen MR) is 128 cm³/mol. The molecule has 0 fully saturated rings. The van der Waals surface area contributed by atoms with Crippen LogP contribution in [0.25, 0.3) is 0 Å². The molecule has 0 bridgehead atoms. The van der Waals surface area contributed by atoms with Crippen LogP contribution in [0.5, 0.6) is 0 Å². The molecule has 0 spiro atoms. The van der Waals surface area contributed by atoms with Gasteiger partial charge in [-0.15, -0.1) is 24.0 Å².